The van der Waals surface area contributed by atoms with E-state index < -0.39 is 10.0 Å². The number of hydrogen-bond donors (Lipinski definition) is 1. The van der Waals surface area contributed by atoms with Crippen molar-refractivity contribution < 1.29 is 8.42 Å². The number of hydrogen-bond acceptors (Lipinski definition) is 3. The number of nitriles is 1. The summed E-state index contributed by atoms with van der Waals surface area (Å²) in [5.74, 6) is 0. The number of nitrogens with zero attached hydrogens (tertiary/aromatic N) is 1. The lowest BCUT2D eigenvalue weighted by molar-refractivity contribution is 0.581. The standard InChI is InChI=1S/C15H13BrN2O2S/c1-11-8-14(7-6-12(11)9-17)21(19,20)18-10-13-4-2-3-5-15(13)16/h2-8,18H,10H2,1H3. The molecule has 4 nitrogen and oxygen atoms in total. The molecule has 2 rings (SSSR count). The summed E-state index contributed by atoms with van der Waals surface area (Å²) < 4.78 is 27.9. The lowest BCUT2D eigenvalue weighted by Crippen LogP contribution is -2.23. The van der Waals surface area contributed by atoms with Gasteiger partial charge in [0.1, 0.15) is 0 Å². The Bertz CT molecular complexity index is 811. The van der Waals surface area contributed by atoms with Crippen molar-refractivity contribution in [1.29, 1.82) is 5.26 Å². The molecule has 0 aliphatic carbocycles. The molecule has 0 atom stereocenters. The van der Waals surface area contributed by atoms with Gasteiger partial charge in [-0.3, -0.25) is 0 Å². The van der Waals surface area contributed by atoms with Gasteiger partial charge in [-0.2, -0.15) is 5.26 Å². The van der Waals surface area contributed by atoms with Crippen LogP contribution in [0, 0.1) is 18.3 Å². The third kappa shape index (κ3) is 3.70. The molecule has 0 saturated carbocycles. The van der Waals surface area contributed by atoms with Crippen LogP contribution in [0.5, 0.6) is 0 Å². The van der Waals surface area contributed by atoms with Gasteiger partial charge in [-0.1, -0.05) is 34.1 Å². The second kappa shape index (κ2) is 6.39. The molecule has 0 radical (unpaired) electrons. The molecule has 0 heterocycles. The van der Waals surface area contributed by atoms with Crippen molar-refractivity contribution >= 4 is 26.0 Å². The molecule has 0 spiro atoms. The average molecular weight is 365 g/mol. The van der Waals surface area contributed by atoms with Crippen LogP contribution in [0.4, 0.5) is 0 Å². The highest BCUT2D eigenvalue weighted by Gasteiger charge is 2.15. The first-order valence-corrected chi connectivity index (χ1v) is 8.45. The van der Waals surface area contributed by atoms with Crippen LogP contribution in [0.1, 0.15) is 16.7 Å². The van der Waals surface area contributed by atoms with Crippen molar-refractivity contribution in [1.82, 2.24) is 4.72 Å². The minimum absolute atomic E-state index is 0.158. The summed E-state index contributed by atoms with van der Waals surface area (Å²) >= 11 is 3.38. The van der Waals surface area contributed by atoms with Crippen LogP contribution in [0.25, 0.3) is 0 Å². The van der Waals surface area contributed by atoms with Crippen LogP contribution < -0.4 is 4.72 Å². The van der Waals surface area contributed by atoms with Gasteiger partial charge in [0, 0.05) is 11.0 Å². The summed E-state index contributed by atoms with van der Waals surface area (Å²) in [7, 11) is -3.60. The minimum Gasteiger partial charge on any atom is -0.207 e. The Hall–Kier alpha value is -1.68. The fraction of sp³-hybridized carbons (Fsp3) is 0.133. The van der Waals surface area contributed by atoms with Crippen molar-refractivity contribution in [2.75, 3.05) is 0 Å². The highest BCUT2D eigenvalue weighted by atomic mass is 79.9. The summed E-state index contributed by atoms with van der Waals surface area (Å²) in [6.45, 7) is 1.91. The summed E-state index contributed by atoms with van der Waals surface area (Å²) in [4.78, 5) is 0.158. The maximum atomic E-state index is 12.3. The van der Waals surface area contributed by atoms with E-state index in [-0.39, 0.29) is 11.4 Å². The number of halogens is 1. The Morgan fingerprint density at radius 2 is 1.95 bits per heavy atom. The molecule has 0 aliphatic rings. The molecule has 0 fully saturated rings. The largest absolute Gasteiger partial charge is 0.240 e. The van der Waals surface area contributed by atoms with E-state index in [1.807, 2.05) is 30.3 Å². The summed E-state index contributed by atoms with van der Waals surface area (Å²) in [6, 6.07) is 13.9. The highest BCUT2D eigenvalue weighted by Crippen LogP contribution is 2.18. The van der Waals surface area contributed by atoms with Gasteiger partial charge >= 0.3 is 0 Å². The third-order valence-electron chi connectivity index (χ3n) is 3.04. The van der Waals surface area contributed by atoms with Crippen molar-refractivity contribution in [3.63, 3.8) is 0 Å². The van der Waals surface area contributed by atoms with Gasteiger partial charge in [-0.15, -0.1) is 0 Å². The number of rotatable bonds is 4. The Labute approximate surface area is 132 Å². The average Bonchev–Trinajstić information content (AvgIpc) is 2.46. The molecular weight excluding hydrogens is 352 g/mol. The van der Waals surface area contributed by atoms with Gasteiger partial charge in [-0.25, -0.2) is 13.1 Å². The smallest absolute Gasteiger partial charge is 0.207 e. The van der Waals surface area contributed by atoms with E-state index >= 15 is 0 Å². The molecule has 0 unspecified atom stereocenters. The van der Waals surface area contributed by atoms with E-state index in [4.69, 9.17) is 5.26 Å². The van der Waals surface area contributed by atoms with Crippen molar-refractivity contribution in [2.45, 2.75) is 18.4 Å². The molecule has 0 bridgehead atoms. The summed E-state index contributed by atoms with van der Waals surface area (Å²) in [5.41, 5.74) is 1.97. The van der Waals surface area contributed by atoms with Crippen LogP contribution in [0.15, 0.2) is 51.8 Å². The van der Waals surface area contributed by atoms with Gasteiger partial charge in [0.25, 0.3) is 0 Å². The first-order valence-electron chi connectivity index (χ1n) is 6.18. The number of sulfonamides is 1. The highest BCUT2D eigenvalue weighted by molar-refractivity contribution is 9.10. The first-order chi connectivity index (χ1) is 9.94. The van der Waals surface area contributed by atoms with Crippen LogP contribution in [-0.2, 0) is 16.6 Å². The Balaban J connectivity index is 2.21. The van der Waals surface area contributed by atoms with E-state index in [1.165, 1.54) is 18.2 Å². The molecular formula is C15H13BrN2O2S. The molecule has 0 aliphatic heterocycles. The normalized spacial score (nSPS) is 11.1. The Morgan fingerprint density at radius 3 is 2.57 bits per heavy atom. The fourth-order valence-corrected chi connectivity index (χ4v) is 3.34. The molecule has 0 saturated heterocycles. The molecule has 6 heteroatoms. The zero-order valence-corrected chi connectivity index (χ0v) is 13.7. The topological polar surface area (TPSA) is 70.0 Å². The second-order valence-electron chi connectivity index (χ2n) is 4.50. The zero-order valence-electron chi connectivity index (χ0n) is 11.3. The first kappa shape index (κ1) is 15.7. The van der Waals surface area contributed by atoms with E-state index in [0.29, 0.717) is 11.1 Å². The number of nitrogens with one attached hydrogen (secondary N) is 1. The zero-order chi connectivity index (χ0) is 15.5. The van der Waals surface area contributed by atoms with Crippen LogP contribution in [-0.4, -0.2) is 8.42 Å². The second-order valence-corrected chi connectivity index (χ2v) is 7.13. The fourth-order valence-electron chi connectivity index (χ4n) is 1.83. The molecule has 2 aromatic carbocycles. The molecule has 1 N–H and O–H groups in total. The molecule has 2 aromatic rings. The van der Waals surface area contributed by atoms with Crippen molar-refractivity contribution in [3.8, 4) is 6.07 Å². The quantitative estimate of drug-likeness (QED) is 0.905. The van der Waals surface area contributed by atoms with Gasteiger partial charge in [0.05, 0.1) is 16.5 Å². The predicted molar refractivity (Wildman–Crippen MR) is 84.1 cm³/mol. The van der Waals surface area contributed by atoms with Crippen LogP contribution in [0.2, 0.25) is 0 Å². The Morgan fingerprint density at radius 1 is 1.24 bits per heavy atom. The number of benzene rings is 2. The molecule has 0 aromatic heterocycles. The lowest BCUT2D eigenvalue weighted by atomic mass is 10.1. The van der Waals surface area contributed by atoms with Gasteiger partial charge in [0.2, 0.25) is 10.0 Å². The summed E-state index contributed by atoms with van der Waals surface area (Å²) in [5, 5.41) is 8.87. The third-order valence-corrected chi connectivity index (χ3v) is 5.21. The van der Waals surface area contributed by atoms with Gasteiger partial charge < -0.3 is 0 Å². The minimum atomic E-state index is -3.60. The molecule has 0 amide bonds. The van der Waals surface area contributed by atoms with Crippen LogP contribution >= 0.6 is 15.9 Å². The van der Waals surface area contributed by atoms with Crippen molar-refractivity contribution in [3.05, 3.63) is 63.6 Å². The maximum absolute atomic E-state index is 12.3. The van der Waals surface area contributed by atoms with Crippen molar-refractivity contribution in [2.24, 2.45) is 0 Å². The van der Waals surface area contributed by atoms with E-state index in [1.54, 1.807) is 6.92 Å². The number of aryl methyl sites for hydroxylation is 1. The van der Waals surface area contributed by atoms with Gasteiger partial charge in [-0.05, 0) is 42.3 Å². The van der Waals surface area contributed by atoms with Gasteiger partial charge in [0.15, 0.2) is 0 Å². The molecule has 21 heavy (non-hydrogen) atoms. The maximum Gasteiger partial charge on any atom is 0.240 e. The lowest BCUT2D eigenvalue weighted by Gasteiger charge is -2.09. The van der Waals surface area contributed by atoms with E-state index in [2.05, 4.69) is 20.7 Å². The molecule has 108 valence electrons. The van der Waals surface area contributed by atoms with Crippen LogP contribution in [0.3, 0.4) is 0 Å². The van der Waals surface area contributed by atoms with E-state index in [9.17, 15) is 8.42 Å². The summed E-state index contributed by atoms with van der Waals surface area (Å²) in [6.07, 6.45) is 0. The Kier molecular flexibility index (Phi) is 4.78. The monoisotopic (exact) mass is 364 g/mol. The predicted octanol–water partition coefficient (Wildman–Crippen LogP) is 3.11. The SMILES string of the molecule is Cc1cc(S(=O)(=O)NCc2ccccc2Br)ccc1C#N. The van der Waals surface area contributed by atoms with E-state index in [0.717, 1.165) is 10.0 Å².